The molecule has 1 fully saturated rings. The van der Waals surface area contributed by atoms with Gasteiger partial charge in [-0.1, -0.05) is 30.3 Å². The molecule has 1 unspecified atom stereocenters. The summed E-state index contributed by atoms with van der Waals surface area (Å²) in [5.74, 6) is 1.05. The van der Waals surface area contributed by atoms with Crippen molar-refractivity contribution in [2.45, 2.75) is 32.2 Å². The average Bonchev–Trinajstić information content (AvgIpc) is 3.03. The Kier molecular flexibility index (Phi) is 4.65. The molecule has 1 heterocycles. The third kappa shape index (κ3) is 3.93. The van der Waals surface area contributed by atoms with E-state index in [0.29, 0.717) is 23.7 Å². The Hall–Kier alpha value is -2.33. The molecule has 0 amide bonds. The highest BCUT2D eigenvalue weighted by Crippen LogP contribution is 2.39. The summed E-state index contributed by atoms with van der Waals surface area (Å²) in [5.41, 5.74) is 2.84. The van der Waals surface area contributed by atoms with Crippen LogP contribution >= 0.6 is 0 Å². The fourth-order valence-electron chi connectivity index (χ4n) is 4.63. The first-order valence-corrected chi connectivity index (χ1v) is 10.0. The summed E-state index contributed by atoms with van der Waals surface area (Å²) in [6.07, 6.45) is 3.76. The van der Waals surface area contributed by atoms with E-state index in [2.05, 4.69) is 29.2 Å². The molecule has 1 aliphatic heterocycles. The van der Waals surface area contributed by atoms with E-state index in [9.17, 15) is 4.79 Å². The van der Waals surface area contributed by atoms with Crippen LogP contribution in [0.3, 0.4) is 0 Å². The van der Waals surface area contributed by atoms with Gasteiger partial charge in [0.1, 0.15) is 0 Å². The lowest BCUT2D eigenvalue weighted by Crippen LogP contribution is -2.34. The number of hydrogen-bond acceptors (Lipinski definition) is 4. The van der Waals surface area contributed by atoms with Gasteiger partial charge in [-0.25, -0.2) is 0 Å². The van der Waals surface area contributed by atoms with Crippen molar-refractivity contribution < 1.29 is 18.4 Å². The fraction of sp³-hybridized carbons (Fsp3) is 0.458. The third-order valence-electron chi connectivity index (χ3n) is 6.18. The zero-order chi connectivity index (χ0) is 22.0. The molecule has 1 atom stereocenters. The number of nitrogens with zero attached hydrogens (tertiary/aromatic N) is 1. The minimum atomic E-state index is -2.59. The number of benzene rings is 2. The number of methoxy groups -OCH3 is 2. The quantitative estimate of drug-likeness (QED) is 0.744. The molecule has 0 bridgehead atoms. The number of Topliss-reactive ketones (excluding diaryl/α,β-unsaturated/α-hetero) is 1. The SMILES string of the molecule is [2H]C([2H])([2H])Oc1cc2c(cc1OC)CC(CC1CCN(Cc3ccccc3)CC1)C2=O. The van der Waals surface area contributed by atoms with Crippen molar-refractivity contribution in [2.24, 2.45) is 11.8 Å². The number of ether oxygens (including phenoxy) is 2. The summed E-state index contributed by atoms with van der Waals surface area (Å²) >= 11 is 0. The normalized spacial score (nSPS) is 22.2. The number of likely N-dealkylation sites (tertiary alicyclic amines) is 1. The van der Waals surface area contributed by atoms with E-state index in [1.807, 2.05) is 6.07 Å². The van der Waals surface area contributed by atoms with E-state index >= 15 is 0 Å². The molecule has 2 aromatic rings. The second-order valence-corrected chi connectivity index (χ2v) is 7.97. The number of rotatable bonds is 6. The molecule has 148 valence electrons. The van der Waals surface area contributed by atoms with Crippen molar-refractivity contribution in [3.63, 3.8) is 0 Å². The topological polar surface area (TPSA) is 38.8 Å². The number of hydrogen-bond donors (Lipinski definition) is 0. The monoisotopic (exact) mass is 382 g/mol. The third-order valence-corrected chi connectivity index (χ3v) is 6.18. The molecule has 4 heteroatoms. The van der Waals surface area contributed by atoms with Crippen LogP contribution in [-0.4, -0.2) is 37.9 Å². The summed E-state index contributed by atoms with van der Waals surface area (Å²) in [7, 11) is -1.11. The minimum Gasteiger partial charge on any atom is -0.493 e. The molecule has 1 saturated heterocycles. The Morgan fingerprint density at radius 2 is 1.86 bits per heavy atom. The molecule has 0 aromatic heterocycles. The largest absolute Gasteiger partial charge is 0.493 e. The second-order valence-electron chi connectivity index (χ2n) is 7.97. The van der Waals surface area contributed by atoms with Gasteiger partial charge in [0.25, 0.3) is 0 Å². The highest BCUT2D eigenvalue weighted by atomic mass is 16.5. The summed E-state index contributed by atoms with van der Waals surface area (Å²) in [5, 5.41) is 0. The van der Waals surface area contributed by atoms with Crippen molar-refractivity contribution >= 4 is 5.78 Å². The van der Waals surface area contributed by atoms with Gasteiger partial charge in [-0.05, 0) is 68.0 Å². The highest BCUT2D eigenvalue weighted by Gasteiger charge is 2.34. The molecule has 0 radical (unpaired) electrons. The average molecular weight is 383 g/mol. The molecule has 4 rings (SSSR count). The number of fused-ring (bicyclic) bond motifs is 1. The lowest BCUT2D eigenvalue weighted by Gasteiger charge is -2.32. The summed E-state index contributed by atoms with van der Waals surface area (Å²) in [6, 6.07) is 13.8. The minimum absolute atomic E-state index is 0.0478. The van der Waals surface area contributed by atoms with Gasteiger partial charge in [0, 0.05) is 18.0 Å². The van der Waals surface area contributed by atoms with Crippen molar-refractivity contribution in [1.82, 2.24) is 4.90 Å². The number of ketones is 1. The Morgan fingerprint density at radius 1 is 1.11 bits per heavy atom. The molecule has 2 aromatic carbocycles. The smallest absolute Gasteiger partial charge is 0.166 e. The second kappa shape index (κ2) is 8.36. The molecule has 2 aliphatic rings. The van der Waals surface area contributed by atoms with E-state index in [-0.39, 0.29) is 17.5 Å². The van der Waals surface area contributed by atoms with Crippen LogP contribution < -0.4 is 9.47 Å². The van der Waals surface area contributed by atoms with Gasteiger partial charge in [0.05, 0.1) is 18.3 Å². The predicted octanol–water partition coefficient (Wildman–Crippen LogP) is 4.36. The highest BCUT2D eigenvalue weighted by molar-refractivity contribution is 6.02. The maximum atomic E-state index is 13.0. The van der Waals surface area contributed by atoms with Gasteiger partial charge in [-0.3, -0.25) is 9.69 Å². The van der Waals surface area contributed by atoms with Crippen LogP contribution in [0.1, 0.15) is 44.9 Å². The zero-order valence-corrected chi connectivity index (χ0v) is 16.3. The van der Waals surface area contributed by atoms with E-state index in [4.69, 9.17) is 13.6 Å². The van der Waals surface area contributed by atoms with Crippen LogP contribution in [0.25, 0.3) is 0 Å². The van der Waals surface area contributed by atoms with Gasteiger partial charge in [-0.15, -0.1) is 0 Å². The lowest BCUT2D eigenvalue weighted by molar-refractivity contribution is 0.0895. The van der Waals surface area contributed by atoms with Crippen molar-refractivity contribution in [3.8, 4) is 11.5 Å². The van der Waals surface area contributed by atoms with Gasteiger partial charge in [0.2, 0.25) is 0 Å². The summed E-state index contributed by atoms with van der Waals surface area (Å²) in [6.45, 7) is 3.09. The van der Waals surface area contributed by atoms with E-state index in [1.54, 1.807) is 12.1 Å². The maximum absolute atomic E-state index is 13.0. The van der Waals surface area contributed by atoms with Crippen molar-refractivity contribution in [2.75, 3.05) is 27.2 Å². The standard InChI is InChI=1S/C24H29NO3/c1-27-22-14-19-13-20(24(26)21(19)15-23(22)28-2)12-17-8-10-25(11-9-17)16-18-6-4-3-5-7-18/h3-7,14-15,17,20H,8-13,16H2,1-2H3/i2D3. The van der Waals surface area contributed by atoms with Gasteiger partial charge in [0.15, 0.2) is 17.3 Å². The van der Waals surface area contributed by atoms with Crippen LogP contribution in [-0.2, 0) is 13.0 Å². The first-order chi connectivity index (χ1) is 14.8. The number of piperidine rings is 1. The van der Waals surface area contributed by atoms with Crippen LogP contribution in [0.4, 0.5) is 0 Å². The van der Waals surface area contributed by atoms with Crippen molar-refractivity contribution in [3.05, 3.63) is 59.2 Å². The Bertz CT molecular complexity index is 922. The number of carbonyl (C=O) groups excluding carboxylic acids is 1. The van der Waals surface area contributed by atoms with Crippen LogP contribution in [0.15, 0.2) is 42.5 Å². The molecule has 28 heavy (non-hydrogen) atoms. The fourth-order valence-corrected chi connectivity index (χ4v) is 4.63. The van der Waals surface area contributed by atoms with Crippen LogP contribution in [0.5, 0.6) is 11.5 Å². The predicted molar refractivity (Wildman–Crippen MR) is 110 cm³/mol. The van der Waals surface area contributed by atoms with E-state index in [0.717, 1.165) is 44.5 Å². The molecule has 0 N–H and O–H groups in total. The number of carbonyl (C=O) groups is 1. The van der Waals surface area contributed by atoms with E-state index < -0.39 is 7.04 Å². The Labute approximate surface area is 171 Å². The Balaban J connectivity index is 1.36. The lowest BCUT2D eigenvalue weighted by atomic mass is 9.85. The maximum Gasteiger partial charge on any atom is 0.166 e. The van der Waals surface area contributed by atoms with Crippen LogP contribution in [0.2, 0.25) is 0 Å². The zero-order valence-electron chi connectivity index (χ0n) is 19.3. The molecule has 1 aliphatic carbocycles. The molecular formula is C24H29NO3. The van der Waals surface area contributed by atoms with Gasteiger partial charge >= 0.3 is 0 Å². The first kappa shape index (κ1) is 15.6. The molecule has 0 saturated carbocycles. The van der Waals surface area contributed by atoms with Gasteiger partial charge in [-0.2, -0.15) is 0 Å². The Morgan fingerprint density at radius 3 is 2.57 bits per heavy atom. The van der Waals surface area contributed by atoms with Crippen LogP contribution in [0, 0.1) is 11.8 Å². The summed E-state index contributed by atoms with van der Waals surface area (Å²) < 4.78 is 32.4. The molecular weight excluding hydrogens is 350 g/mol. The van der Waals surface area contributed by atoms with Gasteiger partial charge < -0.3 is 9.47 Å². The van der Waals surface area contributed by atoms with Crippen molar-refractivity contribution in [1.29, 1.82) is 0 Å². The first-order valence-electron chi connectivity index (χ1n) is 11.5. The summed E-state index contributed by atoms with van der Waals surface area (Å²) in [4.78, 5) is 15.5. The molecule has 0 spiro atoms. The van der Waals surface area contributed by atoms with E-state index in [1.165, 1.54) is 12.7 Å². The molecule has 4 nitrogen and oxygen atoms in total.